The number of carbonyl (C=O) groups is 2. The van der Waals surface area contributed by atoms with Crippen LogP contribution in [0.15, 0.2) is 42.5 Å². The summed E-state index contributed by atoms with van der Waals surface area (Å²) in [5.41, 5.74) is -0.176. The highest BCUT2D eigenvalue weighted by Crippen LogP contribution is 2.18. The second-order valence-corrected chi connectivity index (χ2v) is 6.49. The molecule has 1 aliphatic heterocycles. The van der Waals surface area contributed by atoms with Gasteiger partial charge in [-0.15, -0.1) is 0 Å². The molecule has 2 aromatic rings. The molecule has 0 aromatic heterocycles. The number of benzene rings is 2. The smallest absolute Gasteiger partial charge is 0.260 e. The Morgan fingerprint density at radius 1 is 0.897 bits per heavy atom. The molecule has 0 unspecified atom stereocenters. The third-order valence-electron chi connectivity index (χ3n) is 4.58. The van der Waals surface area contributed by atoms with Crippen LogP contribution in [0.3, 0.4) is 0 Å². The first-order chi connectivity index (χ1) is 14.0. The van der Waals surface area contributed by atoms with Gasteiger partial charge in [-0.25, -0.2) is 8.78 Å². The van der Waals surface area contributed by atoms with Crippen LogP contribution >= 0.6 is 0 Å². The van der Waals surface area contributed by atoms with Crippen LogP contribution in [0, 0.1) is 11.6 Å². The fourth-order valence-electron chi connectivity index (χ4n) is 3.03. The van der Waals surface area contributed by atoms with Gasteiger partial charge in [0.2, 0.25) is 0 Å². The molecule has 6 nitrogen and oxygen atoms in total. The summed E-state index contributed by atoms with van der Waals surface area (Å²) >= 11 is 0. The van der Waals surface area contributed by atoms with E-state index in [1.807, 2.05) is 6.92 Å². The van der Waals surface area contributed by atoms with Gasteiger partial charge in [-0.1, -0.05) is 0 Å². The van der Waals surface area contributed by atoms with Crippen LogP contribution in [-0.4, -0.2) is 61.0 Å². The zero-order chi connectivity index (χ0) is 20.8. The molecule has 29 heavy (non-hydrogen) atoms. The number of hydrogen-bond acceptors (Lipinski definition) is 4. The van der Waals surface area contributed by atoms with Gasteiger partial charge in [-0.05, 0) is 43.3 Å². The SMILES string of the molecule is CCOc1ccc(OCC(=O)N2CCN(C(=O)c3ccc(F)cc3F)CC2)cc1. The summed E-state index contributed by atoms with van der Waals surface area (Å²) in [5.74, 6) is -1.05. The average molecular weight is 404 g/mol. The van der Waals surface area contributed by atoms with Crippen molar-refractivity contribution in [3.8, 4) is 11.5 Å². The molecular weight excluding hydrogens is 382 g/mol. The van der Waals surface area contributed by atoms with Crippen molar-refractivity contribution in [1.29, 1.82) is 0 Å². The van der Waals surface area contributed by atoms with Crippen molar-refractivity contribution in [2.45, 2.75) is 6.92 Å². The molecule has 2 aromatic carbocycles. The molecule has 0 atom stereocenters. The van der Waals surface area contributed by atoms with E-state index in [1.165, 1.54) is 4.90 Å². The second kappa shape index (κ2) is 9.36. The Bertz CT molecular complexity index is 865. The van der Waals surface area contributed by atoms with Crippen LogP contribution in [0.2, 0.25) is 0 Å². The highest BCUT2D eigenvalue weighted by atomic mass is 19.1. The van der Waals surface area contributed by atoms with E-state index in [4.69, 9.17) is 9.47 Å². The Morgan fingerprint density at radius 2 is 1.48 bits per heavy atom. The van der Waals surface area contributed by atoms with Gasteiger partial charge >= 0.3 is 0 Å². The number of amides is 2. The Kier molecular flexibility index (Phi) is 6.64. The molecule has 1 heterocycles. The summed E-state index contributed by atoms with van der Waals surface area (Å²) in [4.78, 5) is 27.8. The molecule has 1 aliphatic rings. The number of halogens is 2. The molecule has 0 aliphatic carbocycles. The molecule has 0 radical (unpaired) electrons. The number of carbonyl (C=O) groups excluding carboxylic acids is 2. The Morgan fingerprint density at radius 3 is 2.07 bits per heavy atom. The Labute approximate surface area is 167 Å². The minimum Gasteiger partial charge on any atom is -0.494 e. The summed E-state index contributed by atoms with van der Waals surface area (Å²) in [6.45, 7) is 3.52. The molecule has 154 valence electrons. The first kappa shape index (κ1) is 20.6. The van der Waals surface area contributed by atoms with Crippen LogP contribution in [-0.2, 0) is 4.79 Å². The highest BCUT2D eigenvalue weighted by Gasteiger charge is 2.26. The van der Waals surface area contributed by atoms with Crippen LogP contribution < -0.4 is 9.47 Å². The first-order valence-electron chi connectivity index (χ1n) is 9.35. The number of ether oxygens (including phenoxy) is 2. The minimum absolute atomic E-state index is 0.117. The summed E-state index contributed by atoms with van der Waals surface area (Å²) in [5, 5.41) is 0. The van der Waals surface area contributed by atoms with Crippen LogP contribution in [0.4, 0.5) is 8.78 Å². The summed E-state index contributed by atoms with van der Waals surface area (Å²) in [6.07, 6.45) is 0. The molecule has 0 N–H and O–H groups in total. The van der Waals surface area contributed by atoms with E-state index in [1.54, 1.807) is 29.2 Å². The van der Waals surface area contributed by atoms with Crippen LogP contribution in [0.25, 0.3) is 0 Å². The zero-order valence-corrected chi connectivity index (χ0v) is 16.1. The third-order valence-corrected chi connectivity index (χ3v) is 4.58. The minimum atomic E-state index is -0.891. The number of rotatable bonds is 6. The van der Waals surface area contributed by atoms with Crippen molar-refractivity contribution >= 4 is 11.8 Å². The van der Waals surface area contributed by atoms with Crippen LogP contribution in [0.1, 0.15) is 17.3 Å². The summed E-state index contributed by atoms with van der Waals surface area (Å²) < 4.78 is 37.7. The van der Waals surface area contributed by atoms with Gasteiger partial charge < -0.3 is 19.3 Å². The van der Waals surface area contributed by atoms with Crippen molar-refractivity contribution < 1.29 is 27.8 Å². The van der Waals surface area contributed by atoms with Crippen molar-refractivity contribution in [2.24, 2.45) is 0 Å². The maximum atomic E-state index is 13.8. The van der Waals surface area contributed by atoms with Gasteiger partial charge in [-0.3, -0.25) is 9.59 Å². The number of nitrogens with zero attached hydrogens (tertiary/aromatic N) is 2. The molecule has 0 bridgehead atoms. The van der Waals surface area contributed by atoms with Gasteiger partial charge in [0.15, 0.2) is 6.61 Å². The predicted molar refractivity (Wildman–Crippen MR) is 102 cm³/mol. The van der Waals surface area contributed by atoms with Gasteiger partial charge in [0.1, 0.15) is 23.1 Å². The van der Waals surface area contributed by atoms with E-state index in [-0.39, 0.29) is 31.2 Å². The standard InChI is InChI=1S/C21H22F2N2O4/c1-2-28-16-4-6-17(7-5-16)29-14-20(26)24-9-11-25(12-10-24)21(27)18-8-3-15(22)13-19(18)23/h3-8,13H,2,9-12,14H2,1H3. The van der Waals surface area contributed by atoms with E-state index >= 15 is 0 Å². The topological polar surface area (TPSA) is 59.1 Å². The monoisotopic (exact) mass is 404 g/mol. The normalized spacial score (nSPS) is 13.9. The lowest BCUT2D eigenvalue weighted by molar-refractivity contribution is -0.134. The van der Waals surface area contributed by atoms with E-state index in [2.05, 4.69) is 0 Å². The predicted octanol–water partition coefficient (Wildman–Crippen LogP) is 2.73. The molecule has 1 saturated heterocycles. The maximum absolute atomic E-state index is 13.8. The van der Waals surface area contributed by atoms with Crippen molar-refractivity contribution in [2.75, 3.05) is 39.4 Å². The van der Waals surface area contributed by atoms with Gasteiger partial charge in [0.05, 0.1) is 12.2 Å². The quantitative estimate of drug-likeness (QED) is 0.743. The van der Waals surface area contributed by atoms with E-state index < -0.39 is 17.5 Å². The lowest BCUT2D eigenvalue weighted by Crippen LogP contribution is -2.51. The lowest BCUT2D eigenvalue weighted by atomic mass is 10.1. The summed E-state index contributed by atoms with van der Waals surface area (Å²) in [6, 6.07) is 9.86. The number of piperazine rings is 1. The summed E-state index contributed by atoms with van der Waals surface area (Å²) in [7, 11) is 0. The largest absolute Gasteiger partial charge is 0.494 e. The Hall–Kier alpha value is -3.16. The first-order valence-corrected chi connectivity index (χ1v) is 9.35. The molecule has 2 amide bonds. The van der Waals surface area contributed by atoms with Gasteiger partial charge in [-0.2, -0.15) is 0 Å². The fourth-order valence-corrected chi connectivity index (χ4v) is 3.03. The molecule has 0 spiro atoms. The maximum Gasteiger partial charge on any atom is 0.260 e. The van der Waals surface area contributed by atoms with Gasteiger partial charge in [0.25, 0.3) is 11.8 Å². The fraction of sp³-hybridized carbons (Fsp3) is 0.333. The lowest BCUT2D eigenvalue weighted by Gasteiger charge is -2.34. The van der Waals surface area contributed by atoms with E-state index in [0.717, 1.165) is 17.9 Å². The zero-order valence-electron chi connectivity index (χ0n) is 16.1. The molecule has 1 fully saturated rings. The van der Waals surface area contributed by atoms with E-state index in [9.17, 15) is 18.4 Å². The highest BCUT2D eigenvalue weighted by molar-refractivity contribution is 5.94. The molecule has 0 saturated carbocycles. The Balaban J connectivity index is 1.48. The van der Waals surface area contributed by atoms with Crippen molar-refractivity contribution in [1.82, 2.24) is 9.80 Å². The molecule has 8 heteroatoms. The number of hydrogen-bond donors (Lipinski definition) is 0. The van der Waals surface area contributed by atoms with Crippen LogP contribution in [0.5, 0.6) is 11.5 Å². The van der Waals surface area contributed by atoms with E-state index in [0.29, 0.717) is 31.5 Å². The van der Waals surface area contributed by atoms with Crippen molar-refractivity contribution in [3.05, 3.63) is 59.7 Å². The molecular formula is C21H22F2N2O4. The second-order valence-electron chi connectivity index (χ2n) is 6.49. The average Bonchev–Trinajstić information content (AvgIpc) is 2.73. The molecule has 3 rings (SSSR count). The third kappa shape index (κ3) is 5.22. The van der Waals surface area contributed by atoms with Crippen molar-refractivity contribution in [3.63, 3.8) is 0 Å². The van der Waals surface area contributed by atoms with Gasteiger partial charge in [0, 0.05) is 32.2 Å².